The standard InChI is InChI=1S/C60H43NS/c1-59(2)52-26-14-12-23-49(52)50-38-37-47(39-54(50)59)61(45-33-29-41(30-34-45)40-17-6-3-7-18-40)46-35-31-42(32-36-46)48-25-16-27-53-56(48)58-57(51-24-13-15-28-55(51)62-58)60(53,43-19-8-4-9-20-43)44-21-10-5-11-22-44/h3-39H,1-2H3. The lowest BCUT2D eigenvalue weighted by Gasteiger charge is -2.34. The van der Waals surface area contributed by atoms with Crippen molar-refractivity contribution >= 4 is 38.5 Å². The molecule has 0 atom stereocenters. The molecule has 10 aromatic rings. The van der Waals surface area contributed by atoms with E-state index in [1.807, 2.05) is 11.3 Å². The van der Waals surface area contributed by atoms with Gasteiger partial charge in [0.05, 0.1) is 5.41 Å². The van der Waals surface area contributed by atoms with Crippen LogP contribution in [0.3, 0.4) is 0 Å². The van der Waals surface area contributed by atoms with E-state index in [-0.39, 0.29) is 5.41 Å². The summed E-state index contributed by atoms with van der Waals surface area (Å²) in [4.78, 5) is 3.78. The third-order valence-corrected chi connectivity index (χ3v) is 14.8. The monoisotopic (exact) mass is 809 g/mol. The topological polar surface area (TPSA) is 3.24 Å². The van der Waals surface area contributed by atoms with Gasteiger partial charge in [-0.05, 0) is 115 Å². The number of hydrogen-bond acceptors (Lipinski definition) is 2. The van der Waals surface area contributed by atoms with Crippen molar-refractivity contribution in [2.45, 2.75) is 24.7 Å². The second-order valence-electron chi connectivity index (χ2n) is 17.2. The lowest BCUT2D eigenvalue weighted by atomic mass is 9.67. The summed E-state index contributed by atoms with van der Waals surface area (Å²) in [6.07, 6.45) is 0. The summed E-state index contributed by atoms with van der Waals surface area (Å²) >= 11 is 1.93. The zero-order chi connectivity index (χ0) is 41.4. The molecule has 62 heavy (non-hydrogen) atoms. The summed E-state index contributed by atoms with van der Waals surface area (Å²) in [5.74, 6) is 0. The van der Waals surface area contributed by atoms with E-state index in [9.17, 15) is 0 Å². The number of benzene rings is 9. The van der Waals surface area contributed by atoms with Gasteiger partial charge >= 0.3 is 0 Å². The van der Waals surface area contributed by atoms with Crippen LogP contribution in [0.4, 0.5) is 17.1 Å². The largest absolute Gasteiger partial charge is 0.310 e. The maximum Gasteiger partial charge on any atom is 0.0728 e. The van der Waals surface area contributed by atoms with E-state index in [2.05, 4.69) is 243 Å². The quantitative estimate of drug-likeness (QED) is 0.155. The highest BCUT2D eigenvalue weighted by Crippen LogP contribution is 2.62. The summed E-state index contributed by atoms with van der Waals surface area (Å²) in [7, 11) is 0. The lowest BCUT2D eigenvalue weighted by molar-refractivity contribution is 0.660. The minimum Gasteiger partial charge on any atom is -0.310 e. The highest BCUT2D eigenvalue weighted by molar-refractivity contribution is 7.22. The molecule has 2 heteroatoms. The molecule has 0 amide bonds. The maximum atomic E-state index is 2.42. The van der Waals surface area contributed by atoms with Gasteiger partial charge in [0.25, 0.3) is 0 Å². The predicted octanol–water partition coefficient (Wildman–Crippen LogP) is 16.4. The first-order chi connectivity index (χ1) is 30.5. The first-order valence-corrected chi connectivity index (χ1v) is 22.4. The van der Waals surface area contributed by atoms with E-state index in [1.54, 1.807) is 0 Å². The summed E-state index contributed by atoms with van der Waals surface area (Å²) in [5, 5.41) is 1.33. The van der Waals surface area contributed by atoms with Crippen molar-refractivity contribution in [3.05, 3.63) is 258 Å². The van der Waals surface area contributed by atoms with Crippen LogP contribution >= 0.6 is 11.3 Å². The zero-order valence-electron chi connectivity index (χ0n) is 34.7. The molecule has 0 saturated heterocycles. The Bertz CT molecular complexity index is 3250. The van der Waals surface area contributed by atoms with E-state index in [0.717, 1.165) is 17.1 Å². The molecule has 2 aliphatic rings. The van der Waals surface area contributed by atoms with Gasteiger partial charge in [-0.25, -0.2) is 0 Å². The van der Waals surface area contributed by atoms with Gasteiger partial charge < -0.3 is 4.90 Å². The van der Waals surface area contributed by atoms with E-state index in [4.69, 9.17) is 0 Å². The molecule has 1 aromatic heterocycles. The zero-order valence-corrected chi connectivity index (χ0v) is 35.5. The molecule has 0 unspecified atom stereocenters. The van der Waals surface area contributed by atoms with Crippen LogP contribution in [0.2, 0.25) is 0 Å². The molecular weight excluding hydrogens is 767 g/mol. The molecule has 0 radical (unpaired) electrons. The van der Waals surface area contributed by atoms with Crippen molar-refractivity contribution in [3.8, 4) is 43.8 Å². The van der Waals surface area contributed by atoms with E-state index in [0.29, 0.717) is 0 Å². The normalized spacial score (nSPS) is 13.9. The molecule has 1 heterocycles. The van der Waals surface area contributed by atoms with Crippen LogP contribution < -0.4 is 4.90 Å². The molecule has 0 spiro atoms. The van der Waals surface area contributed by atoms with Gasteiger partial charge in [-0.3, -0.25) is 0 Å². The van der Waals surface area contributed by atoms with Crippen molar-refractivity contribution in [1.29, 1.82) is 0 Å². The molecule has 2 aliphatic carbocycles. The average Bonchev–Trinajstić information content (AvgIpc) is 3.94. The third kappa shape index (κ3) is 5.40. The van der Waals surface area contributed by atoms with Crippen LogP contribution in [-0.4, -0.2) is 0 Å². The Kier molecular flexibility index (Phi) is 8.36. The Morgan fingerprint density at radius 3 is 1.60 bits per heavy atom. The number of hydrogen-bond donors (Lipinski definition) is 0. The molecule has 0 aliphatic heterocycles. The molecule has 9 aromatic carbocycles. The van der Waals surface area contributed by atoms with Gasteiger partial charge in [0.2, 0.25) is 0 Å². The van der Waals surface area contributed by atoms with Crippen molar-refractivity contribution in [1.82, 2.24) is 0 Å². The number of rotatable bonds is 7. The van der Waals surface area contributed by atoms with Gasteiger partial charge in [0.15, 0.2) is 0 Å². The van der Waals surface area contributed by atoms with Gasteiger partial charge in [0, 0.05) is 37.6 Å². The van der Waals surface area contributed by atoms with Crippen LogP contribution in [-0.2, 0) is 10.8 Å². The van der Waals surface area contributed by atoms with Crippen LogP contribution in [0.5, 0.6) is 0 Å². The van der Waals surface area contributed by atoms with Crippen LogP contribution in [0.15, 0.2) is 224 Å². The Labute approximate surface area is 367 Å². The molecule has 0 saturated carbocycles. The fraction of sp³-hybridized carbons (Fsp3) is 0.0667. The molecule has 294 valence electrons. The van der Waals surface area contributed by atoms with Gasteiger partial charge in [-0.15, -0.1) is 11.3 Å². The summed E-state index contributed by atoms with van der Waals surface area (Å²) in [5.41, 5.74) is 19.7. The first-order valence-electron chi connectivity index (χ1n) is 21.6. The Balaban J connectivity index is 1.03. The molecule has 1 nitrogen and oxygen atoms in total. The lowest BCUT2D eigenvalue weighted by Crippen LogP contribution is -2.28. The fourth-order valence-corrected chi connectivity index (χ4v) is 12.1. The van der Waals surface area contributed by atoms with Crippen molar-refractivity contribution in [3.63, 3.8) is 0 Å². The molecule has 0 fully saturated rings. The van der Waals surface area contributed by atoms with Gasteiger partial charge in [-0.2, -0.15) is 0 Å². The van der Waals surface area contributed by atoms with Crippen molar-refractivity contribution in [2.75, 3.05) is 4.90 Å². The summed E-state index contributed by atoms with van der Waals surface area (Å²) in [6, 6.07) is 83.2. The minimum absolute atomic E-state index is 0.109. The van der Waals surface area contributed by atoms with E-state index in [1.165, 1.54) is 87.3 Å². The van der Waals surface area contributed by atoms with Crippen molar-refractivity contribution < 1.29 is 0 Å². The van der Waals surface area contributed by atoms with Gasteiger partial charge in [0.1, 0.15) is 0 Å². The highest BCUT2D eigenvalue weighted by atomic mass is 32.1. The smallest absolute Gasteiger partial charge is 0.0728 e. The first kappa shape index (κ1) is 36.6. The number of thiophene rings is 1. The SMILES string of the molecule is CC1(C)c2ccccc2-c2ccc(N(c3ccc(-c4ccccc4)cc3)c3ccc(-c4cccc5c4-c4sc6ccccc6c4C5(c4ccccc4)c4ccccc4)cc3)cc21. The fourth-order valence-electron chi connectivity index (χ4n) is 10.7. The third-order valence-electron chi connectivity index (χ3n) is 13.6. The highest BCUT2D eigenvalue weighted by Gasteiger charge is 2.49. The van der Waals surface area contributed by atoms with E-state index >= 15 is 0 Å². The Morgan fingerprint density at radius 1 is 0.387 bits per heavy atom. The van der Waals surface area contributed by atoms with Crippen LogP contribution in [0, 0.1) is 0 Å². The number of anilines is 3. The van der Waals surface area contributed by atoms with Crippen LogP contribution in [0.25, 0.3) is 53.9 Å². The predicted molar refractivity (Wildman–Crippen MR) is 262 cm³/mol. The minimum atomic E-state index is -0.466. The number of nitrogens with zero attached hydrogens (tertiary/aromatic N) is 1. The van der Waals surface area contributed by atoms with Crippen LogP contribution in [0.1, 0.15) is 47.2 Å². The molecule has 12 rings (SSSR count). The molecular formula is C60H43NS. The number of fused-ring (bicyclic) bond motifs is 8. The Morgan fingerprint density at radius 2 is 0.903 bits per heavy atom. The second kappa shape index (κ2) is 14.2. The molecule has 0 bridgehead atoms. The van der Waals surface area contributed by atoms with Crippen molar-refractivity contribution in [2.24, 2.45) is 0 Å². The maximum absolute atomic E-state index is 2.42. The summed E-state index contributed by atoms with van der Waals surface area (Å²) < 4.78 is 1.32. The Hall–Kier alpha value is -7.26. The van der Waals surface area contributed by atoms with Gasteiger partial charge in [-0.1, -0.05) is 196 Å². The second-order valence-corrected chi connectivity index (χ2v) is 18.3. The molecule has 0 N–H and O–H groups in total. The summed E-state index contributed by atoms with van der Waals surface area (Å²) in [6.45, 7) is 4.72. The van der Waals surface area contributed by atoms with E-state index < -0.39 is 5.41 Å². The average molecular weight is 810 g/mol.